The van der Waals surface area contributed by atoms with E-state index in [1.54, 1.807) is 19.5 Å². The van der Waals surface area contributed by atoms with Crippen molar-refractivity contribution in [3.63, 3.8) is 0 Å². The molecule has 0 spiro atoms. The van der Waals surface area contributed by atoms with Gasteiger partial charge in [-0.1, -0.05) is 0 Å². The third-order valence-corrected chi connectivity index (χ3v) is 1.82. The fourth-order valence-corrected chi connectivity index (χ4v) is 1.21. The van der Waals surface area contributed by atoms with E-state index in [-0.39, 0.29) is 0 Å². The predicted molar refractivity (Wildman–Crippen MR) is 45.1 cm³/mol. The van der Waals surface area contributed by atoms with E-state index in [0.29, 0.717) is 6.01 Å². The van der Waals surface area contributed by atoms with Gasteiger partial charge in [-0.25, -0.2) is 0 Å². The number of aromatic nitrogens is 3. The summed E-state index contributed by atoms with van der Waals surface area (Å²) < 4.78 is 6.94. The van der Waals surface area contributed by atoms with Crippen LogP contribution in [0.2, 0.25) is 0 Å². The molecule has 12 heavy (non-hydrogen) atoms. The summed E-state index contributed by atoms with van der Waals surface area (Å²) in [7, 11) is 3.52. The zero-order chi connectivity index (χ0) is 8.55. The molecule has 0 unspecified atom stereocenters. The summed E-state index contributed by atoms with van der Waals surface area (Å²) in [6, 6.07) is 2.52. The van der Waals surface area contributed by atoms with E-state index in [9.17, 15) is 0 Å². The molecule has 0 bridgehead atoms. The van der Waals surface area contributed by atoms with Gasteiger partial charge in [-0.15, -0.1) is 0 Å². The van der Waals surface area contributed by atoms with Crippen LogP contribution in [-0.4, -0.2) is 21.6 Å². The summed E-state index contributed by atoms with van der Waals surface area (Å²) in [5.74, 6) is 0. The minimum absolute atomic E-state index is 0.609. The van der Waals surface area contributed by atoms with E-state index >= 15 is 0 Å². The first-order chi connectivity index (χ1) is 5.83. The largest absolute Gasteiger partial charge is 0.468 e. The second kappa shape index (κ2) is 2.48. The Hall–Kier alpha value is -1.58. The molecular weight excluding hydrogens is 154 g/mol. The van der Waals surface area contributed by atoms with Crippen molar-refractivity contribution in [1.82, 2.24) is 14.5 Å². The van der Waals surface area contributed by atoms with E-state index in [1.807, 2.05) is 17.7 Å². The molecule has 2 heterocycles. The molecule has 0 amide bonds. The van der Waals surface area contributed by atoms with Crippen LogP contribution in [0.25, 0.3) is 11.0 Å². The van der Waals surface area contributed by atoms with Crippen LogP contribution in [0.4, 0.5) is 0 Å². The SMILES string of the molecule is COc1nc2cnccc2n1C. The standard InChI is InChI=1S/C8H9N3O/c1-11-7-3-4-9-5-6(7)10-8(11)12-2/h3-5H,1-2H3. The van der Waals surface area contributed by atoms with Crippen molar-refractivity contribution in [1.29, 1.82) is 0 Å². The molecular formula is C8H9N3O. The fraction of sp³-hybridized carbons (Fsp3) is 0.250. The van der Waals surface area contributed by atoms with Crippen LogP contribution in [0.1, 0.15) is 0 Å². The zero-order valence-electron chi connectivity index (χ0n) is 6.98. The van der Waals surface area contributed by atoms with Crippen molar-refractivity contribution < 1.29 is 4.74 Å². The van der Waals surface area contributed by atoms with Crippen molar-refractivity contribution in [2.24, 2.45) is 7.05 Å². The number of rotatable bonds is 1. The van der Waals surface area contributed by atoms with Crippen LogP contribution in [0, 0.1) is 0 Å². The van der Waals surface area contributed by atoms with Gasteiger partial charge in [-0.2, -0.15) is 4.98 Å². The molecule has 2 rings (SSSR count). The highest BCUT2D eigenvalue weighted by Gasteiger charge is 2.05. The lowest BCUT2D eigenvalue weighted by molar-refractivity contribution is 0.368. The number of ether oxygens (including phenoxy) is 1. The number of hydrogen-bond acceptors (Lipinski definition) is 3. The molecule has 0 radical (unpaired) electrons. The molecule has 0 aliphatic heterocycles. The lowest BCUT2D eigenvalue weighted by atomic mass is 10.4. The summed E-state index contributed by atoms with van der Waals surface area (Å²) in [5, 5.41) is 0. The first-order valence-electron chi connectivity index (χ1n) is 3.63. The fourth-order valence-electron chi connectivity index (χ4n) is 1.21. The van der Waals surface area contributed by atoms with Gasteiger partial charge in [0.05, 0.1) is 18.8 Å². The molecule has 0 fully saturated rings. The lowest BCUT2D eigenvalue weighted by Gasteiger charge is -1.97. The Morgan fingerprint density at radius 3 is 3.00 bits per heavy atom. The van der Waals surface area contributed by atoms with Gasteiger partial charge in [0, 0.05) is 13.2 Å². The maximum absolute atomic E-state index is 5.05. The molecule has 0 aliphatic rings. The smallest absolute Gasteiger partial charge is 0.296 e. The van der Waals surface area contributed by atoms with E-state index in [0.717, 1.165) is 11.0 Å². The number of pyridine rings is 1. The highest BCUT2D eigenvalue weighted by atomic mass is 16.5. The molecule has 0 aromatic carbocycles. The van der Waals surface area contributed by atoms with Crippen molar-refractivity contribution in [3.8, 4) is 6.01 Å². The highest BCUT2D eigenvalue weighted by Crippen LogP contribution is 2.17. The predicted octanol–water partition coefficient (Wildman–Crippen LogP) is 0.977. The molecule has 0 saturated heterocycles. The molecule has 4 heteroatoms. The van der Waals surface area contributed by atoms with Gasteiger partial charge in [0.2, 0.25) is 0 Å². The third-order valence-electron chi connectivity index (χ3n) is 1.82. The van der Waals surface area contributed by atoms with Crippen LogP contribution < -0.4 is 4.74 Å². The number of methoxy groups -OCH3 is 1. The summed E-state index contributed by atoms with van der Waals surface area (Å²) in [6.07, 6.45) is 3.46. The van der Waals surface area contributed by atoms with Crippen LogP contribution in [0.15, 0.2) is 18.5 Å². The van der Waals surface area contributed by atoms with E-state index < -0.39 is 0 Å². The Kier molecular flexibility index (Phi) is 1.46. The van der Waals surface area contributed by atoms with E-state index in [1.165, 1.54) is 0 Å². The average Bonchev–Trinajstić information content (AvgIpc) is 2.44. The maximum Gasteiger partial charge on any atom is 0.296 e. The van der Waals surface area contributed by atoms with Crippen molar-refractivity contribution in [3.05, 3.63) is 18.5 Å². The first kappa shape index (κ1) is 7.09. The van der Waals surface area contributed by atoms with E-state index in [4.69, 9.17) is 4.74 Å². The minimum atomic E-state index is 0.609. The van der Waals surface area contributed by atoms with Crippen LogP contribution in [0.3, 0.4) is 0 Å². The van der Waals surface area contributed by atoms with Crippen molar-refractivity contribution in [2.75, 3.05) is 7.11 Å². The van der Waals surface area contributed by atoms with Gasteiger partial charge < -0.3 is 4.74 Å². The topological polar surface area (TPSA) is 39.9 Å². The summed E-state index contributed by atoms with van der Waals surface area (Å²) in [5.41, 5.74) is 1.89. The third kappa shape index (κ3) is 0.845. The highest BCUT2D eigenvalue weighted by molar-refractivity contribution is 5.75. The van der Waals surface area contributed by atoms with Gasteiger partial charge in [-0.3, -0.25) is 9.55 Å². The summed E-state index contributed by atoms with van der Waals surface area (Å²) in [4.78, 5) is 8.18. The number of hydrogen-bond donors (Lipinski definition) is 0. The monoisotopic (exact) mass is 163 g/mol. The summed E-state index contributed by atoms with van der Waals surface area (Å²) in [6.45, 7) is 0. The zero-order valence-corrected chi connectivity index (χ0v) is 6.98. The Balaban J connectivity index is 2.78. The Bertz CT molecular complexity index is 408. The van der Waals surface area contributed by atoms with E-state index in [2.05, 4.69) is 9.97 Å². The van der Waals surface area contributed by atoms with Gasteiger partial charge >= 0.3 is 0 Å². The second-order valence-electron chi connectivity index (χ2n) is 2.52. The average molecular weight is 163 g/mol. The van der Waals surface area contributed by atoms with Crippen molar-refractivity contribution >= 4 is 11.0 Å². The van der Waals surface area contributed by atoms with Gasteiger partial charge in [-0.05, 0) is 6.07 Å². The summed E-state index contributed by atoms with van der Waals surface area (Å²) >= 11 is 0. The molecule has 0 atom stereocenters. The normalized spacial score (nSPS) is 10.5. The maximum atomic E-state index is 5.05. The van der Waals surface area contributed by atoms with Gasteiger partial charge in [0.15, 0.2) is 0 Å². The quantitative estimate of drug-likeness (QED) is 0.629. The van der Waals surface area contributed by atoms with Crippen LogP contribution in [0.5, 0.6) is 6.01 Å². The lowest BCUT2D eigenvalue weighted by Crippen LogP contribution is -1.93. The molecule has 2 aromatic heterocycles. The Labute approximate surface area is 69.8 Å². The molecule has 0 N–H and O–H groups in total. The Morgan fingerprint density at radius 2 is 2.33 bits per heavy atom. The van der Waals surface area contributed by atoms with Gasteiger partial charge in [0.1, 0.15) is 5.52 Å². The Morgan fingerprint density at radius 1 is 1.50 bits per heavy atom. The molecule has 62 valence electrons. The molecule has 0 aliphatic carbocycles. The molecule has 4 nitrogen and oxygen atoms in total. The van der Waals surface area contributed by atoms with Crippen molar-refractivity contribution in [2.45, 2.75) is 0 Å². The number of fused-ring (bicyclic) bond motifs is 1. The number of imidazole rings is 1. The molecule has 0 saturated carbocycles. The van der Waals surface area contributed by atoms with Crippen LogP contribution >= 0.6 is 0 Å². The molecule has 2 aromatic rings. The number of aryl methyl sites for hydroxylation is 1. The first-order valence-corrected chi connectivity index (χ1v) is 3.63. The van der Waals surface area contributed by atoms with Crippen LogP contribution in [-0.2, 0) is 7.05 Å². The van der Waals surface area contributed by atoms with Gasteiger partial charge in [0.25, 0.3) is 6.01 Å². The second-order valence-corrected chi connectivity index (χ2v) is 2.52. The minimum Gasteiger partial charge on any atom is -0.468 e. The number of nitrogens with zero attached hydrogens (tertiary/aromatic N) is 3.